The van der Waals surface area contributed by atoms with Crippen LogP contribution in [0.25, 0.3) is 0 Å². The van der Waals surface area contributed by atoms with E-state index in [0.29, 0.717) is 17.7 Å². The largest absolute Gasteiger partial charge is 0.372 e. The van der Waals surface area contributed by atoms with Crippen molar-refractivity contribution >= 4 is 23.2 Å². The van der Waals surface area contributed by atoms with Crippen LogP contribution in [0, 0.1) is 0 Å². The zero-order valence-corrected chi connectivity index (χ0v) is 17.4. The van der Waals surface area contributed by atoms with Gasteiger partial charge in [-0.1, -0.05) is 19.4 Å². The summed E-state index contributed by atoms with van der Waals surface area (Å²) in [5.74, 6) is -0.284. The molecule has 0 aliphatic heterocycles. The summed E-state index contributed by atoms with van der Waals surface area (Å²) < 4.78 is 0. The minimum absolute atomic E-state index is 0.0633. The van der Waals surface area contributed by atoms with Gasteiger partial charge in [0.1, 0.15) is 0 Å². The highest BCUT2D eigenvalue weighted by Gasteiger charge is 2.14. The molecule has 0 aromatic heterocycles. The number of carbonyl (C=O) groups is 2. The molecule has 0 atom stereocenters. The Kier molecular flexibility index (Phi) is 8.05. The SMILES string of the molecule is CCCCN(C)C(=O)c1cccc(C(=O)Nc2ccc(N(CC)CC)cc2)c1. The number of unbranched alkanes of at least 4 members (excludes halogenated alkanes) is 1. The van der Waals surface area contributed by atoms with Crippen LogP contribution in [0.5, 0.6) is 0 Å². The fourth-order valence-corrected chi connectivity index (χ4v) is 3.06. The monoisotopic (exact) mass is 381 g/mol. The van der Waals surface area contributed by atoms with Crippen molar-refractivity contribution in [1.82, 2.24) is 4.90 Å². The van der Waals surface area contributed by atoms with E-state index in [-0.39, 0.29) is 11.8 Å². The first-order valence-corrected chi connectivity index (χ1v) is 10.0. The molecule has 2 rings (SSSR count). The molecule has 2 aromatic carbocycles. The van der Waals surface area contributed by atoms with Gasteiger partial charge in [-0.25, -0.2) is 0 Å². The van der Waals surface area contributed by atoms with E-state index in [2.05, 4.69) is 31.0 Å². The molecule has 2 amide bonds. The lowest BCUT2D eigenvalue weighted by molar-refractivity contribution is 0.0793. The first-order chi connectivity index (χ1) is 13.5. The minimum atomic E-state index is -0.221. The molecule has 0 fully saturated rings. The lowest BCUT2D eigenvalue weighted by atomic mass is 10.1. The van der Waals surface area contributed by atoms with E-state index in [4.69, 9.17) is 0 Å². The molecule has 5 heteroatoms. The van der Waals surface area contributed by atoms with Gasteiger partial charge in [-0.3, -0.25) is 9.59 Å². The summed E-state index contributed by atoms with van der Waals surface area (Å²) in [6, 6.07) is 14.7. The van der Waals surface area contributed by atoms with Crippen molar-refractivity contribution in [3.8, 4) is 0 Å². The third-order valence-electron chi connectivity index (χ3n) is 4.82. The van der Waals surface area contributed by atoms with Crippen molar-refractivity contribution in [1.29, 1.82) is 0 Å². The molecule has 1 N–H and O–H groups in total. The maximum atomic E-state index is 12.6. The minimum Gasteiger partial charge on any atom is -0.372 e. The third-order valence-corrected chi connectivity index (χ3v) is 4.82. The van der Waals surface area contributed by atoms with Crippen LogP contribution in [-0.4, -0.2) is 43.4 Å². The smallest absolute Gasteiger partial charge is 0.255 e. The number of hydrogen-bond acceptors (Lipinski definition) is 3. The molecule has 0 bridgehead atoms. The van der Waals surface area contributed by atoms with Crippen molar-refractivity contribution in [3.05, 3.63) is 59.7 Å². The summed E-state index contributed by atoms with van der Waals surface area (Å²) in [7, 11) is 1.79. The fourth-order valence-electron chi connectivity index (χ4n) is 3.06. The van der Waals surface area contributed by atoms with E-state index in [1.165, 1.54) is 0 Å². The number of amides is 2. The number of hydrogen-bond donors (Lipinski definition) is 1. The standard InChI is InChI=1S/C23H31N3O2/c1-5-8-16-25(4)23(28)19-11-9-10-18(17-19)22(27)24-20-12-14-21(15-13-20)26(6-2)7-3/h9-15,17H,5-8,16H2,1-4H3,(H,24,27). The fraction of sp³-hybridized carbons (Fsp3) is 0.391. The molecule has 0 unspecified atom stereocenters. The van der Waals surface area contributed by atoms with Gasteiger partial charge in [0.15, 0.2) is 0 Å². The van der Waals surface area contributed by atoms with Gasteiger partial charge < -0.3 is 15.1 Å². The van der Waals surface area contributed by atoms with Crippen LogP contribution < -0.4 is 10.2 Å². The third kappa shape index (κ3) is 5.59. The van der Waals surface area contributed by atoms with E-state index in [1.807, 2.05) is 24.3 Å². The molecule has 5 nitrogen and oxygen atoms in total. The van der Waals surface area contributed by atoms with Gasteiger partial charge in [0.05, 0.1) is 0 Å². The highest BCUT2D eigenvalue weighted by atomic mass is 16.2. The average Bonchev–Trinajstić information content (AvgIpc) is 2.73. The van der Waals surface area contributed by atoms with E-state index in [1.54, 1.807) is 36.2 Å². The van der Waals surface area contributed by atoms with Gasteiger partial charge >= 0.3 is 0 Å². The molecule has 0 spiro atoms. The summed E-state index contributed by atoms with van der Waals surface area (Å²) in [6.07, 6.45) is 2.00. The van der Waals surface area contributed by atoms with E-state index in [9.17, 15) is 9.59 Å². The first-order valence-electron chi connectivity index (χ1n) is 10.0. The summed E-state index contributed by atoms with van der Waals surface area (Å²) in [6.45, 7) is 8.92. The summed E-state index contributed by atoms with van der Waals surface area (Å²) in [5, 5.41) is 2.91. The number of anilines is 2. The van der Waals surface area contributed by atoms with Gasteiger partial charge in [-0.15, -0.1) is 0 Å². The Hall–Kier alpha value is -2.82. The van der Waals surface area contributed by atoms with E-state index in [0.717, 1.165) is 37.3 Å². The van der Waals surface area contributed by atoms with Gasteiger partial charge in [0.25, 0.3) is 11.8 Å². The van der Waals surface area contributed by atoms with Crippen molar-refractivity contribution in [2.24, 2.45) is 0 Å². The molecule has 0 saturated carbocycles. The molecular weight excluding hydrogens is 350 g/mol. The Morgan fingerprint density at radius 2 is 1.57 bits per heavy atom. The van der Waals surface area contributed by atoms with Crippen molar-refractivity contribution in [3.63, 3.8) is 0 Å². The van der Waals surface area contributed by atoms with Crippen molar-refractivity contribution in [2.75, 3.05) is 36.9 Å². The van der Waals surface area contributed by atoms with Gasteiger partial charge in [0, 0.05) is 49.2 Å². The lowest BCUT2D eigenvalue weighted by Gasteiger charge is -2.21. The topological polar surface area (TPSA) is 52.7 Å². The normalized spacial score (nSPS) is 10.4. The molecule has 28 heavy (non-hydrogen) atoms. The highest BCUT2D eigenvalue weighted by Crippen LogP contribution is 2.18. The molecule has 0 heterocycles. The quantitative estimate of drug-likeness (QED) is 0.687. The van der Waals surface area contributed by atoms with Crippen LogP contribution in [0.1, 0.15) is 54.3 Å². The van der Waals surface area contributed by atoms with Crippen LogP contribution in [0.15, 0.2) is 48.5 Å². The second-order valence-corrected chi connectivity index (χ2v) is 6.83. The Morgan fingerprint density at radius 1 is 0.929 bits per heavy atom. The second-order valence-electron chi connectivity index (χ2n) is 6.83. The van der Waals surface area contributed by atoms with Crippen LogP contribution in [0.4, 0.5) is 11.4 Å². The predicted octanol–water partition coefficient (Wildman–Crippen LogP) is 4.66. The predicted molar refractivity (Wildman–Crippen MR) is 116 cm³/mol. The Morgan fingerprint density at radius 3 is 2.18 bits per heavy atom. The Labute approximate surface area is 168 Å². The first kappa shape index (κ1) is 21.5. The van der Waals surface area contributed by atoms with Crippen LogP contribution >= 0.6 is 0 Å². The second kappa shape index (κ2) is 10.5. The summed E-state index contributed by atoms with van der Waals surface area (Å²) in [5.41, 5.74) is 2.87. The number of nitrogens with zero attached hydrogens (tertiary/aromatic N) is 2. The summed E-state index contributed by atoms with van der Waals surface area (Å²) in [4.78, 5) is 29.1. The van der Waals surface area contributed by atoms with Crippen LogP contribution in [-0.2, 0) is 0 Å². The molecule has 0 radical (unpaired) electrons. The van der Waals surface area contributed by atoms with Crippen molar-refractivity contribution < 1.29 is 9.59 Å². The van der Waals surface area contributed by atoms with Gasteiger partial charge in [-0.05, 0) is 62.7 Å². The van der Waals surface area contributed by atoms with Crippen LogP contribution in [0.3, 0.4) is 0 Å². The summed E-state index contributed by atoms with van der Waals surface area (Å²) >= 11 is 0. The highest BCUT2D eigenvalue weighted by molar-refractivity contribution is 6.06. The number of carbonyl (C=O) groups excluding carboxylic acids is 2. The van der Waals surface area contributed by atoms with E-state index >= 15 is 0 Å². The molecule has 2 aromatic rings. The zero-order valence-electron chi connectivity index (χ0n) is 17.4. The van der Waals surface area contributed by atoms with E-state index < -0.39 is 0 Å². The zero-order chi connectivity index (χ0) is 20.5. The van der Waals surface area contributed by atoms with Gasteiger partial charge in [-0.2, -0.15) is 0 Å². The molecule has 150 valence electrons. The number of nitrogens with one attached hydrogen (secondary N) is 1. The maximum Gasteiger partial charge on any atom is 0.255 e. The lowest BCUT2D eigenvalue weighted by Crippen LogP contribution is -2.28. The molecule has 0 aliphatic carbocycles. The van der Waals surface area contributed by atoms with Crippen LogP contribution in [0.2, 0.25) is 0 Å². The maximum absolute atomic E-state index is 12.6. The molecule has 0 aliphatic rings. The number of rotatable bonds is 9. The molecule has 0 saturated heterocycles. The Bertz CT molecular complexity index is 783. The Balaban J connectivity index is 2.07. The molecular formula is C23H31N3O2. The number of benzene rings is 2. The van der Waals surface area contributed by atoms with Crippen molar-refractivity contribution in [2.45, 2.75) is 33.6 Å². The average molecular weight is 382 g/mol. The van der Waals surface area contributed by atoms with Gasteiger partial charge in [0.2, 0.25) is 0 Å².